The second-order valence-corrected chi connectivity index (χ2v) is 4.35. The van der Waals surface area contributed by atoms with Crippen LogP contribution in [0, 0.1) is 11.8 Å². The number of methoxy groups -OCH3 is 2. The third-order valence-electron chi connectivity index (χ3n) is 3.40. The van der Waals surface area contributed by atoms with Crippen LogP contribution in [-0.2, 0) is 23.8 Å². The standard InChI is InChI=1S/C13H16O5/c1-7-10(13(15)17-3)11-8(12(14)16-2)5-4-6-9(11)18-7/h6,8,11H,4-5H2,1-3H3/t8-,11?/m1/s1. The molecule has 1 unspecified atom stereocenters. The minimum atomic E-state index is -0.447. The Morgan fingerprint density at radius 3 is 2.67 bits per heavy atom. The van der Waals surface area contributed by atoms with E-state index in [1.165, 1.54) is 14.2 Å². The van der Waals surface area contributed by atoms with Gasteiger partial charge in [-0.15, -0.1) is 0 Å². The fraction of sp³-hybridized carbons (Fsp3) is 0.538. The molecule has 5 heteroatoms. The number of allylic oxidation sites excluding steroid dienone is 3. The maximum absolute atomic E-state index is 11.8. The lowest BCUT2D eigenvalue weighted by atomic mass is 9.78. The van der Waals surface area contributed by atoms with Crippen LogP contribution in [0.1, 0.15) is 19.8 Å². The predicted octanol–water partition coefficient (Wildman–Crippen LogP) is 1.55. The predicted molar refractivity (Wildman–Crippen MR) is 62.1 cm³/mol. The van der Waals surface area contributed by atoms with Gasteiger partial charge in [-0.3, -0.25) is 4.79 Å². The smallest absolute Gasteiger partial charge is 0.337 e. The summed E-state index contributed by atoms with van der Waals surface area (Å²) in [6, 6.07) is 0. The Kier molecular flexibility index (Phi) is 3.41. The number of fused-ring (bicyclic) bond motifs is 1. The first-order valence-electron chi connectivity index (χ1n) is 5.85. The number of ether oxygens (including phenoxy) is 3. The Labute approximate surface area is 105 Å². The summed E-state index contributed by atoms with van der Waals surface area (Å²) in [6.07, 6.45) is 3.31. The van der Waals surface area contributed by atoms with Crippen LogP contribution in [0.2, 0.25) is 0 Å². The van der Waals surface area contributed by atoms with E-state index >= 15 is 0 Å². The van der Waals surface area contributed by atoms with Crippen molar-refractivity contribution in [3.63, 3.8) is 0 Å². The molecular formula is C13H16O5. The second-order valence-electron chi connectivity index (χ2n) is 4.35. The third kappa shape index (κ3) is 1.89. The number of hydrogen-bond acceptors (Lipinski definition) is 5. The minimum Gasteiger partial charge on any atom is -0.469 e. The quantitative estimate of drug-likeness (QED) is 0.698. The molecule has 0 spiro atoms. The zero-order valence-electron chi connectivity index (χ0n) is 10.7. The molecule has 0 amide bonds. The molecule has 2 rings (SSSR count). The van der Waals surface area contributed by atoms with Crippen molar-refractivity contribution in [1.29, 1.82) is 0 Å². The Morgan fingerprint density at radius 2 is 2.06 bits per heavy atom. The van der Waals surface area contributed by atoms with Gasteiger partial charge in [0.25, 0.3) is 0 Å². The third-order valence-corrected chi connectivity index (χ3v) is 3.40. The molecule has 0 saturated heterocycles. The van der Waals surface area contributed by atoms with E-state index in [4.69, 9.17) is 14.2 Å². The van der Waals surface area contributed by atoms with E-state index in [-0.39, 0.29) is 17.8 Å². The molecule has 98 valence electrons. The molecule has 0 aromatic carbocycles. The monoisotopic (exact) mass is 252 g/mol. The van der Waals surface area contributed by atoms with Crippen LogP contribution in [0.25, 0.3) is 0 Å². The van der Waals surface area contributed by atoms with Crippen LogP contribution in [-0.4, -0.2) is 26.2 Å². The Hall–Kier alpha value is -1.78. The Balaban J connectivity index is 2.38. The first-order valence-corrected chi connectivity index (χ1v) is 5.85. The lowest BCUT2D eigenvalue weighted by Gasteiger charge is -2.25. The van der Waals surface area contributed by atoms with Gasteiger partial charge in [0.1, 0.15) is 11.5 Å². The van der Waals surface area contributed by atoms with Gasteiger partial charge in [-0.05, 0) is 25.8 Å². The molecule has 1 aliphatic carbocycles. The number of rotatable bonds is 2. The van der Waals surface area contributed by atoms with Gasteiger partial charge in [0.15, 0.2) is 0 Å². The molecule has 0 saturated carbocycles. The van der Waals surface area contributed by atoms with Crippen molar-refractivity contribution in [2.75, 3.05) is 14.2 Å². The normalized spacial score (nSPS) is 26.1. The van der Waals surface area contributed by atoms with E-state index in [1.807, 2.05) is 6.08 Å². The highest BCUT2D eigenvalue weighted by Gasteiger charge is 2.45. The highest BCUT2D eigenvalue weighted by Crippen LogP contribution is 2.44. The molecule has 0 radical (unpaired) electrons. The van der Waals surface area contributed by atoms with E-state index in [2.05, 4.69) is 0 Å². The SMILES string of the molecule is COC(=O)C1=C(C)OC2=CCC[C@@H](C(=O)OC)C21. The molecule has 2 aliphatic rings. The van der Waals surface area contributed by atoms with Gasteiger partial charge in [0, 0.05) is 0 Å². The summed E-state index contributed by atoms with van der Waals surface area (Å²) in [5, 5.41) is 0. The summed E-state index contributed by atoms with van der Waals surface area (Å²) in [5.41, 5.74) is 0.429. The van der Waals surface area contributed by atoms with Crippen LogP contribution in [0.5, 0.6) is 0 Å². The molecule has 5 nitrogen and oxygen atoms in total. The molecule has 0 aromatic rings. The summed E-state index contributed by atoms with van der Waals surface area (Å²) >= 11 is 0. The fourth-order valence-electron chi connectivity index (χ4n) is 2.58. The Morgan fingerprint density at radius 1 is 1.33 bits per heavy atom. The summed E-state index contributed by atoms with van der Waals surface area (Å²) in [6.45, 7) is 1.71. The molecule has 1 heterocycles. The van der Waals surface area contributed by atoms with Crippen LogP contribution in [0.15, 0.2) is 23.2 Å². The first kappa shape index (κ1) is 12.7. The van der Waals surface area contributed by atoms with Gasteiger partial charge < -0.3 is 14.2 Å². The number of hydrogen-bond donors (Lipinski definition) is 0. The summed E-state index contributed by atoms with van der Waals surface area (Å²) in [5.74, 6) is -0.328. The van der Waals surface area contributed by atoms with E-state index in [0.29, 0.717) is 23.5 Å². The Bertz CT molecular complexity index is 446. The highest BCUT2D eigenvalue weighted by molar-refractivity contribution is 5.92. The van der Waals surface area contributed by atoms with Crippen molar-refractivity contribution < 1.29 is 23.8 Å². The molecule has 0 bridgehead atoms. The van der Waals surface area contributed by atoms with Gasteiger partial charge in [0.05, 0.1) is 31.6 Å². The van der Waals surface area contributed by atoms with Crippen molar-refractivity contribution in [3.05, 3.63) is 23.2 Å². The highest BCUT2D eigenvalue weighted by atomic mass is 16.5. The van der Waals surface area contributed by atoms with Gasteiger partial charge in [-0.2, -0.15) is 0 Å². The van der Waals surface area contributed by atoms with Gasteiger partial charge in [-0.25, -0.2) is 4.79 Å². The summed E-state index contributed by atoms with van der Waals surface area (Å²) in [7, 11) is 2.67. The van der Waals surface area contributed by atoms with Crippen molar-refractivity contribution in [2.45, 2.75) is 19.8 Å². The molecule has 0 fully saturated rings. The lowest BCUT2D eigenvalue weighted by Crippen LogP contribution is -2.30. The first-order chi connectivity index (χ1) is 8.60. The molecule has 2 atom stereocenters. The zero-order valence-corrected chi connectivity index (χ0v) is 10.7. The van der Waals surface area contributed by atoms with Crippen LogP contribution in [0.4, 0.5) is 0 Å². The molecular weight excluding hydrogens is 236 g/mol. The van der Waals surface area contributed by atoms with Gasteiger partial charge in [-0.1, -0.05) is 0 Å². The fourth-order valence-corrected chi connectivity index (χ4v) is 2.58. The molecule has 18 heavy (non-hydrogen) atoms. The van der Waals surface area contributed by atoms with E-state index < -0.39 is 5.97 Å². The van der Waals surface area contributed by atoms with Crippen LogP contribution >= 0.6 is 0 Å². The summed E-state index contributed by atoms with van der Waals surface area (Å²) < 4.78 is 15.1. The molecule has 1 aliphatic heterocycles. The maximum atomic E-state index is 11.8. The number of esters is 2. The molecule has 0 aromatic heterocycles. The van der Waals surface area contributed by atoms with Gasteiger partial charge >= 0.3 is 11.9 Å². The van der Waals surface area contributed by atoms with E-state index in [9.17, 15) is 9.59 Å². The van der Waals surface area contributed by atoms with Gasteiger partial charge in [0.2, 0.25) is 0 Å². The van der Waals surface area contributed by atoms with Crippen molar-refractivity contribution >= 4 is 11.9 Å². The largest absolute Gasteiger partial charge is 0.469 e. The second kappa shape index (κ2) is 4.84. The van der Waals surface area contributed by atoms with E-state index in [0.717, 1.165) is 6.42 Å². The molecule has 0 N–H and O–H groups in total. The maximum Gasteiger partial charge on any atom is 0.337 e. The number of carbonyl (C=O) groups is 2. The average Bonchev–Trinajstić information content (AvgIpc) is 2.72. The van der Waals surface area contributed by atoms with Crippen molar-refractivity contribution in [3.8, 4) is 0 Å². The topological polar surface area (TPSA) is 61.8 Å². The van der Waals surface area contributed by atoms with Crippen LogP contribution in [0.3, 0.4) is 0 Å². The zero-order chi connectivity index (χ0) is 13.3. The lowest BCUT2D eigenvalue weighted by molar-refractivity contribution is -0.147. The average molecular weight is 252 g/mol. The van der Waals surface area contributed by atoms with Crippen LogP contribution < -0.4 is 0 Å². The summed E-state index contributed by atoms with van der Waals surface area (Å²) in [4.78, 5) is 23.6. The number of carbonyl (C=O) groups excluding carboxylic acids is 2. The van der Waals surface area contributed by atoms with Crippen molar-refractivity contribution in [1.82, 2.24) is 0 Å². The van der Waals surface area contributed by atoms with Crippen molar-refractivity contribution in [2.24, 2.45) is 11.8 Å². The van der Waals surface area contributed by atoms with E-state index in [1.54, 1.807) is 6.92 Å². The minimum absolute atomic E-state index is 0.315.